The Labute approximate surface area is 207 Å². The molecule has 1 heterocycles. The van der Waals surface area contributed by atoms with Crippen LogP contribution < -0.4 is 15.0 Å². The predicted molar refractivity (Wildman–Crippen MR) is 130 cm³/mol. The molecule has 11 heteroatoms. The number of nitrogens with one attached hydrogen (secondary N) is 1. The molecule has 2 N–H and O–H groups in total. The molecule has 2 aromatic carbocycles. The molecular weight excluding hydrogens is 470 g/mol. The maximum atomic E-state index is 12.7. The molecule has 1 unspecified atom stereocenters. The number of hydrogen-bond donors (Lipinski definition) is 2. The number of amides is 2. The summed E-state index contributed by atoms with van der Waals surface area (Å²) in [5.41, 5.74) is 0.558. The van der Waals surface area contributed by atoms with E-state index in [1.54, 1.807) is 24.3 Å². The molecule has 36 heavy (non-hydrogen) atoms. The first-order valence-corrected chi connectivity index (χ1v) is 11.6. The van der Waals surface area contributed by atoms with E-state index in [4.69, 9.17) is 9.84 Å². The van der Waals surface area contributed by atoms with Gasteiger partial charge in [-0.25, -0.2) is 0 Å². The summed E-state index contributed by atoms with van der Waals surface area (Å²) in [6, 6.07) is 11.7. The summed E-state index contributed by atoms with van der Waals surface area (Å²) in [6.45, 7) is 0.218. The van der Waals surface area contributed by atoms with Crippen molar-refractivity contribution in [2.24, 2.45) is 5.92 Å². The van der Waals surface area contributed by atoms with Crippen molar-refractivity contribution in [3.8, 4) is 5.75 Å². The van der Waals surface area contributed by atoms with E-state index in [2.05, 4.69) is 5.32 Å². The highest BCUT2D eigenvalue weighted by Gasteiger charge is 2.44. The summed E-state index contributed by atoms with van der Waals surface area (Å²) in [6.07, 6.45) is 4.47. The normalized spacial score (nSPS) is 15.1. The molecule has 2 aromatic rings. The second-order valence-electron chi connectivity index (χ2n) is 8.37. The third-order valence-electron chi connectivity index (χ3n) is 5.71. The molecule has 0 spiro atoms. The number of nitro groups is 1. The van der Waals surface area contributed by atoms with Gasteiger partial charge in [0.05, 0.1) is 18.1 Å². The second-order valence-corrected chi connectivity index (χ2v) is 8.37. The van der Waals surface area contributed by atoms with Crippen LogP contribution in [0.3, 0.4) is 0 Å². The predicted octanol–water partition coefficient (Wildman–Crippen LogP) is 3.57. The molecule has 11 nitrogen and oxygen atoms in total. The Hall–Kier alpha value is -4.28. The zero-order valence-electron chi connectivity index (χ0n) is 19.6. The van der Waals surface area contributed by atoms with Gasteiger partial charge in [-0.15, -0.1) is 0 Å². The summed E-state index contributed by atoms with van der Waals surface area (Å²) < 4.78 is 5.67. The van der Waals surface area contributed by atoms with Gasteiger partial charge >= 0.3 is 5.97 Å². The van der Waals surface area contributed by atoms with Crippen LogP contribution in [0, 0.1) is 16.0 Å². The Balaban J connectivity index is 1.46. The molecule has 0 aliphatic carbocycles. The number of ether oxygens (including phenoxy) is 1. The van der Waals surface area contributed by atoms with Crippen molar-refractivity contribution in [3.63, 3.8) is 0 Å². The lowest BCUT2D eigenvalue weighted by Gasteiger charge is -2.15. The van der Waals surface area contributed by atoms with Gasteiger partial charge in [0.25, 0.3) is 5.69 Å². The van der Waals surface area contributed by atoms with Gasteiger partial charge in [0.2, 0.25) is 11.8 Å². The number of non-ortho nitro benzene ring substituents is 1. The molecule has 1 fully saturated rings. The smallest absolute Gasteiger partial charge is 0.303 e. The number of hydrogen-bond acceptors (Lipinski definition) is 7. The number of carboxylic acid groups (broad SMARTS) is 1. The summed E-state index contributed by atoms with van der Waals surface area (Å²) in [7, 11) is 0. The highest BCUT2D eigenvalue weighted by atomic mass is 16.6. The number of ketones is 1. The highest BCUT2D eigenvalue weighted by molar-refractivity contribution is 6.30. The van der Waals surface area contributed by atoms with E-state index in [0.29, 0.717) is 30.2 Å². The number of carbonyl (C=O) groups is 4. The molecule has 0 saturated carbocycles. The van der Waals surface area contributed by atoms with Crippen molar-refractivity contribution < 1.29 is 33.9 Å². The van der Waals surface area contributed by atoms with Crippen molar-refractivity contribution in [1.82, 2.24) is 0 Å². The van der Waals surface area contributed by atoms with Crippen LogP contribution in [0.4, 0.5) is 17.1 Å². The maximum Gasteiger partial charge on any atom is 0.303 e. The van der Waals surface area contributed by atoms with Gasteiger partial charge in [-0.1, -0.05) is 19.3 Å². The monoisotopic (exact) mass is 497 g/mol. The standard InChI is InChI=1S/C25H27N3O8/c29-21-16-27(18-9-11-19(12-10-18)28(34)35)25(33)23(21)24(32)26-17-7-13-20(14-8-17)36-15-5-3-1-2-4-6-22(30)31/h7-14,23H,1-6,15-16H2,(H,26,32)(H,30,31). The Bertz CT molecular complexity index is 1120. The lowest BCUT2D eigenvalue weighted by molar-refractivity contribution is -0.384. The topological polar surface area (TPSA) is 156 Å². The fourth-order valence-corrected chi connectivity index (χ4v) is 3.80. The molecule has 0 radical (unpaired) electrons. The third kappa shape index (κ3) is 7.11. The van der Waals surface area contributed by atoms with E-state index in [9.17, 15) is 29.3 Å². The minimum atomic E-state index is -1.49. The number of aliphatic carboxylic acids is 1. The summed E-state index contributed by atoms with van der Waals surface area (Å²) in [5.74, 6) is -3.65. The second kappa shape index (κ2) is 12.4. The molecule has 190 valence electrons. The number of nitro benzene ring substituents is 1. The number of rotatable bonds is 13. The van der Waals surface area contributed by atoms with Gasteiger partial charge in [0.15, 0.2) is 11.7 Å². The minimum absolute atomic E-state index is 0.147. The molecule has 1 saturated heterocycles. The molecule has 1 aliphatic rings. The number of Topliss-reactive ketones (excluding diaryl/α,β-unsaturated/α-hetero) is 1. The van der Waals surface area contributed by atoms with Crippen LogP contribution in [0.5, 0.6) is 5.75 Å². The fourth-order valence-electron chi connectivity index (χ4n) is 3.80. The van der Waals surface area contributed by atoms with E-state index in [0.717, 1.165) is 30.6 Å². The van der Waals surface area contributed by atoms with E-state index in [-0.39, 0.29) is 18.7 Å². The largest absolute Gasteiger partial charge is 0.494 e. The molecule has 3 rings (SSSR count). The van der Waals surface area contributed by atoms with Crippen LogP contribution in [0.2, 0.25) is 0 Å². The van der Waals surface area contributed by atoms with Crippen molar-refractivity contribution in [2.75, 3.05) is 23.4 Å². The first kappa shape index (κ1) is 26.3. The van der Waals surface area contributed by atoms with Gasteiger partial charge < -0.3 is 20.1 Å². The highest BCUT2D eigenvalue weighted by Crippen LogP contribution is 2.26. The van der Waals surface area contributed by atoms with Crippen molar-refractivity contribution in [2.45, 2.75) is 38.5 Å². The van der Waals surface area contributed by atoms with Gasteiger partial charge in [0, 0.05) is 29.9 Å². The summed E-state index contributed by atoms with van der Waals surface area (Å²) >= 11 is 0. The lowest BCUT2D eigenvalue weighted by Crippen LogP contribution is -2.34. The number of carboxylic acids is 1. The zero-order chi connectivity index (χ0) is 26.1. The molecular formula is C25H27N3O8. The van der Waals surface area contributed by atoms with Crippen LogP contribution in [0.15, 0.2) is 48.5 Å². The summed E-state index contributed by atoms with van der Waals surface area (Å²) in [5, 5.41) is 22.0. The van der Waals surface area contributed by atoms with Crippen LogP contribution in [0.25, 0.3) is 0 Å². The van der Waals surface area contributed by atoms with E-state index >= 15 is 0 Å². The molecule has 0 aromatic heterocycles. The third-order valence-corrected chi connectivity index (χ3v) is 5.71. The van der Waals surface area contributed by atoms with Gasteiger partial charge in [0.1, 0.15) is 5.75 Å². The fraction of sp³-hybridized carbons (Fsp3) is 0.360. The van der Waals surface area contributed by atoms with Crippen LogP contribution >= 0.6 is 0 Å². The van der Waals surface area contributed by atoms with E-state index in [1.807, 2.05) is 0 Å². The van der Waals surface area contributed by atoms with Crippen molar-refractivity contribution in [1.29, 1.82) is 0 Å². The van der Waals surface area contributed by atoms with Crippen LogP contribution in [-0.2, 0) is 19.2 Å². The average Bonchev–Trinajstić information content (AvgIpc) is 3.15. The van der Waals surface area contributed by atoms with Crippen LogP contribution in [0.1, 0.15) is 38.5 Å². The van der Waals surface area contributed by atoms with E-state index in [1.165, 1.54) is 24.3 Å². The Morgan fingerprint density at radius 2 is 1.64 bits per heavy atom. The number of benzene rings is 2. The van der Waals surface area contributed by atoms with Gasteiger partial charge in [-0.2, -0.15) is 0 Å². The number of nitrogens with zero attached hydrogens (tertiary/aromatic N) is 2. The summed E-state index contributed by atoms with van der Waals surface area (Å²) in [4.78, 5) is 59.7. The molecule has 0 bridgehead atoms. The number of carbonyl (C=O) groups excluding carboxylic acids is 3. The maximum absolute atomic E-state index is 12.7. The Morgan fingerprint density at radius 1 is 1.00 bits per heavy atom. The SMILES string of the molecule is O=C(O)CCCCCCCOc1ccc(NC(=O)C2C(=O)CN(c3ccc([N+](=O)[O-])cc3)C2=O)cc1. The molecule has 2 amide bonds. The van der Waals surface area contributed by atoms with Gasteiger partial charge in [-0.05, 0) is 49.2 Å². The first-order valence-electron chi connectivity index (χ1n) is 11.6. The Morgan fingerprint density at radius 3 is 2.28 bits per heavy atom. The van der Waals surface area contributed by atoms with Crippen LogP contribution in [-0.4, -0.2) is 46.7 Å². The average molecular weight is 498 g/mol. The first-order chi connectivity index (χ1) is 17.3. The molecule has 1 aliphatic heterocycles. The van der Waals surface area contributed by atoms with E-state index < -0.39 is 34.4 Å². The lowest BCUT2D eigenvalue weighted by atomic mass is 10.1. The minimum Gasteiger partial charge on any atom is -0.494 e. The Kier molecular flexibility index (Phi) is 9.09. The number of anilines is 2. The van der Waals surface area contributed by atoms with Gasteiger partial charge in [-0.3, -0.25) is 29.3 Å². The molecule has 1 atom stereocenters. The van der Waals surface area contributed by atoms with Crippen molar-refractivity contribution in [3.05, 3.63) is 58.6 Å². The zero-order valence-corrected chi connectivity index (χ0v) is 19.6. The quantitative estimate of drug-likeness (QED) is 0.184. The van der Waals surface area contributed by atoms with Crippen molar-refractivity contribution >= 4 is 40.6 Å². The number of unbranched alkanes of at least 4 members (excludes halogenated alkanes) is 4.